The van der Waals surface area contributed by atoms with Crippen LogP contribution in [0.25, 0.3) is 0 Å². The number of aryl methyl sites for hydroxylation is 2. The first-order chi connectivity index (χ1) is 18.8. The number of amides is 2. The molecule has 3 aromatic carbocycles. The normalized spacial score (nSPS) is 12.9. The van der Waals surface area contributed by atoms with Crippen molar-refractivity contribution in [3.8, 4) is 0 Å². The molecule has 0 heterocycles. The minimum absolute atomic E-state index is 0.0177. The molecule has 0 radical (unpaired) electrons. The van der Waals surface area contributed by atoms with Crippen LogP contribution in [0.2, 0.25) is 10.0 Å². The van der Waals surface area contributed by atoms with E-state index in [1.807, 2.05) is 20.8 Å². The zero-order valence-electron chi connectivity index (χ0n) is 23.3. The second kappa shape index (κ2) is 13.5. The van der Waals surface area contributed by atoms with Gasteiger partial charge in [0.05, 0.1) is 10.6 Å². The quantitative estimate of drug-likeness (QED) is 0.285. The Morgan fingerprint density at radius 3 is 2.20 bits per heavy atom. The van der Waals surface area contributed by atoms with Gasteiger partial charge in [-0.2, -0.15) is 0 Å². The summed E-state index contributed by atoms with van der Waals surface area (Å²) in [6, 6.07) is 17.3. The van der Waals surface area contributed by atoms with E-state index in [9.17, 15) is 18.0 Å². The maximum atomic E-state index is 14.0. The van der Waals surface area contributed by atoms with Crippen molar-refractivity contribution in [2.45, 2.75) is 64.6 Å². The molecule has 0 aromatic heterocycles. The molecule has 0 aliphatic rings. The Balaban J connectivity index is 2.06. The van der Waals surface area contributed by atoms with E-state index in [1.54, 1.807) is 68.4 Å². The van der Waals surface area contributed by atoms with Gasteiger partial charge in [0.2, 0.25) is 11.8 Å². The Bertz CT molecular complexity index is 1460. The highest BCUT2D eigenvalue weighted by molar-refractivity contribution is 7.92. The third kappa shape index (κ3) is 7.56. The molecule has 0 saturated carbocycles. The number of carbonyl (C=O) groups excluding carboxylic acids is 2. The number of halogens is 2. The third-order valence-electron chi connectivity index (χ3n) is 6.80. The first-order valence-electron chi connectivity index (χ1n) is 13.0. The fraction of sp³-hybridized carbons (Fsp3) is 0.333. The van der Waals surface area contributed by atoms with Crippen molar-refractivity contribution in [1.82, 2.24) is 10.2 Å². The molecule has 7 nitrogen and oxygen atoms in total. The van der Waals surface area contributed by atoms with Gasteiger partial charge in [0.15, 0.2) is 0 Å². The lowest BCUT2D eigenvalue weighted by Crippen LogP contribution is -2.52. The van der Waals surface area contributed by atoms with Crippen LogP contribution in [-0.2, 0) is 26.2 Å². The van der Waals surface area contributed by atoms with Crippen molar-refractivity contribution in [3.05, 3.63) is 93.5 Å². The van der Waals surface area contributed by atoms with E-state index >= 15 is 0 Å². The van der Waals surface area contributed by atoms with Crippen LogP contribution in [0.15, 0.2) is 71.6 Å². The van der Waals surface area contributed by atoms with Crippen LogP contribution in [0.1, 0.15) is 43.9 Å². The van der Waals surface area contributed by atoms with Gasteiger partial charge in [0.1, 0.15) is 12.6 Å². The van der Waals surface area contributed by atoms with Crippen molar-refractivity contribution >= 4 is 50.7 Å². The van der Waals surface area contributed by atoms with Crippen LogP contribution in [0.5, 0.6) is 0 Å². The number of nitrogens with one attached hydrogen (secondary N) is 1. The minimum atomic E-state index is -4.14. The summed E-state index contributed by atoms with van der Waals surface area (Å²) in [4.78, 5) is 28.6. The first kappa shape index (κ1) is 31.5. The summed E-state index contributed by atoms with van der Waals surface area (Å²) in [7, 11) is -4.14. The molecule has 0 aliphatic carbocycles. The highest BCUT2D eigenvalue weighted by atomic mass is 35.5. The van der Waals surface area contributed by atoms with Gasteiger partial charge >= 0.3 is 0 Å². The molecule has 2 atom stereocenters. The number of benzene rings is 3. The summed E-state index contributed by atoms with van der Waals surface area (Å²) < 4.78 is 29.0. The molecule has 1 N–H and O–H groups in total. The predicted octanol–water partition coefficient (Wildman–Crippen LogP) is 6.14. The highest BCUT2D eigenvalue weighted by Crippen LogP contribution is 2.28. The Morgan fingerprint density at radius 2 is 1.60 bits per heavy atom. The smallest absolute Gasteiger partial charge is 0.264 e. The van der Waals surface area contributed by atoms with Gasteiger partial charge in [0, 0.05) is 22.6 Å². The van der Waals surface area contributed by atoms with Crippen molar-refractivity contribution < 1.29 is 18.0 Å². The van der Waals surface area contributed by atoms with Crippen LogP contribution in [0, 0.1) is 13.8 Å². The Hall–Kier alpha value is -3.07. The van der Waals surface area contributed by atoms with Crippen molar-refractivity contribution in [3.63, 3.8) is 0 Å². The number of anilines is 1. The maximum absolute atomic E-state index is 14.0. The molecule has 2 amide bonds. The van der Waals surface area contributed by atoms with Crippen molar-refractivity contribution in [1.29, 1.82) is 0 Å². The van der Waals surface area contributed by atoms with E-state index in [0.717, 1.165) is 9.87 Å². The molecule has 3 rings (SSSR count). The molecule has 3 aromatic rings. The number of hydrogen-bond acceptors (Lipinski definition) is 4. The van der Waals surface area contributed by atoms with E-state index in [0.29, 0.717) is 33.3 Å². The van der Waals surface area contributed by atoms with Crippen LogP contribution in [0.4, 0.5) is 5.69 Å². The van der Waals surface area contributed by atoms with E-state index in [1.165, 1.54) is 17.0 Å². The molecule has 0 spiro atoms. The van der Waals surface area contributed by atoms with Gasteiger partial charge in [-0.1, -0.05) is 72.1 Å². The summed E-state index contributed by atoms with van der Waals surface area (Å²) in [5.41, 5.74) is 2.54. The maximum Gasteiger partial charge on any atom is 0.264 e. The number of carbonyl (C=O) groups is 2. The predicted molar refractivity (Wildman–Crippen MR) is 161 cm³/mol. The zero-order chi connectivity index (χ0) is 29.6. The van der Waals surface area contributed by atoms with Gasteiger partial charge in [-0.25, -0.2) is 8.42 Å². The fourth-order valence-corrected chi connectivity index (χ4v) is 6.02. The topological polar surface area (TPSA) is 86.8 Å². The number of hydrogen-bond donors (Lipinski definition) is 1. The monoisotopic (exact) mass is 603 g/mol. The molecule has 0 unspecified atom stereocenters. The Labute approximate surface area is 247 Å². The van der Waals surface area contributed by atoms with Crippen LogP contribution in [0.3, 0.4) is 0 Å². The standard InChI is InChI=1S/C30H35Cl2N3O4S/c1-6-22(4)33-30(37)23(5)34(18-24-13-14-25(31)17-27(24)32)29(36)19-35(28-10-8-7-9-21(28)3)40(38,39)26-15-11-20(2)12-16-26/h7-17,22-23H,6,18-19H2,1-5H3,(H,33,37)/t22-,23+/m0/s1. The van der Waals surface area contributed by atoms with Gasteiger partial charge in [-0.05, 0) is 75.6 Å². The number of rotatable bonds is 11. The molecular weight excluding hydrogens is 569 g/mol. The summed E-state index contributed by atoms with van der Waals surface area (Å²) in [6.45, 7) is 8.55. The number of sulfonamides is 1. The van der Waals surface area contributed by atoms with Crippen molar-refractivity contribution in [2.24, 2.45) is 0 Å². The molecule has 0 fully saturated rings. The lowest BCUT2D eigenvalue weighted by atomic mass is 10.1. The fourth-order valence-electron chi connectivity index (χ4n) is 4.08. The number of nitrogens with zero attached hydrogens (tertiary/aromatic N) is 2. The summed E-state index contributed by atoms with van der Waals surface area (Å²) in [5, 5.41) is 3.68. The van der Waals surface area contributed by atoms with Crippen LogP contribution < -0.4 is 9.62 Å². The van der Waals surface area contributed by atoms with Crippen molar-refractivity contribution in [2.75, 3.05) is 10.8 Å². The Kier molecular flexibility index (Phi) is 10.6. The highest BCUT2D eigenvalue weighted by Gasteiger charge is 2.33. The van der Waals surface area contributed by atoms with E-state index < -0.39 is 28.5 Å². The van der Waals surface area contributed by atoms with E-state index in [2.05, 4.69) is 5.32 Å². The summed E-state index contributed by atoms with van der Waals surface area (Å²) in [6.07, 6.45) is 0.714. The summed E-state index contributed by atoms with van der Waals surface area (Å²) in [5.74, 6) is -0.909. The second-order valence-electron chi connectivity index (χ2n) is 9.86. The largest absolute Gasteiger partial charge is 0.352 e. The molecular formula is C30H35Cl2N3O4S. The summed E-state index contributed by atoms with van der Waals surface area (Å²) >= 11 is 12.5. The van der Waals surface area contributed by atoms with Gasteiger partial charge in [-0.3, -0.25) is 13.9 Å². The molecule has 10 heteroatoms. The van der Waals surface area contributed by atoms with Gasteiger partial charge < -0.3 is 10.2 Å². The minimum Gasteiger partial charge on any atom is -0.352 e. The second-order valence-corrected chi connectivity index (χ2v) is 12.6. The lowest BCUT2D eigenvalue weighted by Gasteiger charge is -2.33. The molecule has 40 heavy (non-hydrogen) atoms. The van der Waals surface area contributed by atoms with Gasteiger partial charge in [0.25, 0.3) is 10.0 Å². The molecule has 0 saturated heterocycles. The van der Waals surface area contributed by atoms with E-state index in [-0.39, 0.29) is 23.4 Å². The average Bonchev–Trinajstić information content (AvgIpc) is 2.91. The van der Waals surface area contributed by atoms with Gasteiger partial charge in [-0.15, -0.1) is 0 Å². The zero-order valence-corrected chi connectivity index (χ0v) is 25.6. The van der Waals surface area contributed by atoms with Crippen LogP contribution >= 0.6 is 23.2 Å². The first-order valence-corrected chi connectivity index (χ1v) is 15.2. The third-order valence-corrected chi connectivity index (χ3v) is 9.16. The average molecular weight is 605 g/mol. The molecule has 0 aliphatic heterocycles. The molecule has 0 bridgehead atoms. The Morgan fingerprint density at radius 1 is 0.950 bits per heavy atom. The molecule has 214 valence electrons. The van der Waals surface area contributed by atoms with E-state index in [4.69, 9.17) is 23.2 Å². The van der Waals surface area contributed by atoms with Crippen LogP contribution in [-0.4, -0.2) is 43.8 Å². The SMILES string of the molecule is CC[C@H](C)NC(=O)[C@@H](C)N(Cc1ccc(Cl)cc1Cl)C(=O)CN(c1ccccc1C)S(=O)(=O)c1ccc(C)cc1. The lowest BCUT2D eigenvalue weighted by molar-refractivity contribution is -0.139. The number of para-hydroxylation sites is 1.